The zero-order valence-electron chi connectivity index (χ0n) is 24.9. The van der Waals surface area contributed by atoms with E-state index in [1.165, 1.54) is 0 Å². The number of fused-ring (bicyclic) bond motifs is 1. The van der Waals surface area contributed by atoms with Crippen molar-refractivity contribution in [1.29, 1.82) is 0 Å². The van der Waals surface area contributed by atoms with Gasteiger partial charge in [-0.05, 0) is 86.7 Å². The van der Waals surface area contributed by atoms with Crippen LogP contribution in [0.15, 0.2) is 66.7 Å². The molecular weight excluding hydrogens is 562 g/mol. The number of aliphatic hydroxyl groups excluding tert-OH is 1. The number of aliphatic hydroxyl groups is 1. The summed E-state index contributed by atoms with van der Waals surface area (Å²) in [5.74, 6) is 1.75. The van der Waals surface area contributed by atoms with E-state index in [9.17, 15) is 15.0 Å². The van der Waals surface area contributed by atoms with Gasteiger partial charge in [0.25, 0.3) is 0 Å². The number of primary amides is 1. The lowest BCUT2D eigenvalue weighted by atomic mass is 10.1. The third-order valence-corrected chi connectivity index (χ3v) is 7.62. The monoisotopic (exact) mass is 603 g/mol. The van der Waals surface area contributed by atoms with E-state index >= 15 is 0 Å². The van der Waals surface area contributed by atoms with Crippen LogP contribution in [0.4, 0.5) is 5.95 Å². The molecule has 6 N–H and O–H groups in total. The predicted octanol–water partition coefficient (Wildman–Crippen LogP) is 3.88. The zero-order valence-corrected chi connectivity index (χ0v) is 24.9. The minimum Gasteiger partial charge on any atom is -0.508 e. The fraction of sp³-hybridized carbons (Fsp3) is 0.394. The first-order valence-corrected chi connectivity index (χ1v) is 15.1. The van der Waals surface area contributed by atoms with Gasteiger partial charge in [0.1, 0.15) is 12.0 Å². The van der Waals surface area contributed by atoms with Gasteiger partial charge in [-0.1, -0.05) is 30.3 Å². The minimum absolute atomic E-state index is 0.00242. The van der Waals surface area contributed by atoms with Crippen LogP contribution >= 0.6 is 0 Å². The Morgan fingerprint density at radius 1 is 1.09 bits per heavy atom. The molecule has 1 aromatic heterocycles. The van der Waals surface area contributed by atoms with Gasteiger partial charge >= 0.3 is 0 Å². The van der Waals surface area contributed by atoms with Gasteiger partial charge in [0.2, 0.25) is 11.9 Å². The highest BCUT2D eigenvalue weighted by atomic mass is 16.5. The molecule has 0 radical (unpaired) electrons. The number of anilines is 1. The van der Waals surface area contributed by atoms with Crippen LogP contribution in [0.3, 0.4) is 0 Å². The summed E-state index contributed by atoms with van der Waals surface area (Å²) in [4.78, 5) is 16.8. The van der Waals surface area contributed by atoms with Crippen LogP contribution in [0.2, 0.25) is 0 Å². The van der Waals surface area contributed by atoms with Gasteiger partial charge in [0, 0.05) is 6.54 Å². The smallest absolute Gasteiger partial charge is 0.234 e. The average molecular weight is 604 g/mol. The van der Waals surface area contributed by atoms with Gasteiger partial charge in [-0.15, -0.1) is 0 Å². The van der Waals surface area contributed by atoms with Crippen LogP contribution in [0.5, 0.6) is 17.2 Å². The number of imidazole rings is 1. The van der Waals surface area contributed by atoms with Gasteiger partial charge in [-0.25, -0.2) is 4.98 Å². The molecule has 5 rings (SSSR count). The molecule has 234 valence electrons. The summed E-state index contributed by atoms with van der Waals surface area (Å²) in [5, 5.41) is 25.8. The van der Waals surface area contributed by atoms with Crippen molar-refractivity contribution in [3.63, 3.8) is 0 Å². The van der Waals surface area contributed by atoms with Crippen molar-refractivity contribution in [2.75, 3.05) is 31.7 Å². The first kappa shape index (κ1) is 31.1. The fourth-order valence-corrected chi connectivity index (χ4v) is 5.37. The summed E-state index contributed by atoms with van der Waals surface area (Å²) < 4.78 is 20.1. The summed E-state index contributed by atoms with van der Waals surface area (Å²) in [5.41, 5.74) is 9.36. The molecule has 0 spiro atoms. The van der Waals surface area contributed by atoms with Crippen LogP contribution in [0.1, 0.15) is 43.5 Å². The lowest BCUT2D eigenvalue weighted by Crippen LogP contribution is -2.43. The number of phenols is 1. The van der Waals surface area contributed by atoms with Gasteiger partial charge < -0.3 is 40.8 Å². The van der Waals surface area contributed by atoms with Crippen molar-refractivity contribution >= 4 is 22.9 Å². The second kappa shape index (κ2) is 14.9. The van der Waals surface area contributed by atoms with Crippen LogP contribution in [-0.4, -0.2) is 64.2 Å². The SMILES string of the molecule is CCOc1ccc(CNc2nc3ccccc3n2[C@H]2CC[C@@H](CO)O2)cc1OCCCN[C@@H](Cc1ccc(O)cc1)C(N)=O. The molecular formula is C33H41N5O6. The van der Waals surface area contributed by atoms with Crippen LogP contribution in [0.25, 0.3) is 11.0 Å². The lowest BCUT2D eigenvalue weighted by molar-refractivity contribution is -0.120. The van der Waals surface area contributed by atoms with Crippen molar-refractivity contribution in [3.8, 4) is 17.2 Å². The highest BCUT2D eigenvalue weighted by molar-refractivity contribution is 5.80. The first-order chi connectivity index (χ1) is 21.4. The number of hydrogen-bond acceptors (Lipinski definition) is 9. The number of hydrogen-bond donors (Lipinski definition) is 5. The third-order valence-electron chi connectivity index (χ3n) is 7.62. The first-order valence-electron chi connectivity index (χ1n) is 15.1. The highest BCUT2D eigenvalue weighted by Crippen LogP contribution is 2.35. The van der Waals surface area contributed by atoms with E-state index in [0.717, 1.165) is 35.0 Å². The number of nitrogens with zero attached hydrogens (tertiary/aromatic N) is 2. The van der Waals surface area contributed by atoms with E-state index in [4.69, 9.17) is 24.9 Å². The Kier molecular flexibility index (Phi) is 10.5. The molecule has 44 heavy (non-hydrogen) atoms. The summed E-state index contributed by atoms with van der Waals surface area (Å²) >= 11 is 0. The maximum atomic E-state index is 12.0. The number of carbonyl (C=O) groups excluding carboxylic acids is 1. The molecule has 1 fully saturated rings. The summed E-state index contributed by atoms with van der Waals surface area (Å²) in [7, 11) is 0. The van der Waals surface area contributed by atoms with Crippen molar-refractivity contribution < 1.29 is 29.2 Å². The van der Waals surface area contributed by atoms with Crippen molar-refractivity contribution in [3.05, 3.63) is 77.9 Å². The molecule has 3 aromatic carbocycles. The molecule has 2 heterocycles. The Bertz CT molecular complexity index is 1530. The molecule has 0 aliphatic carbocycles. The second-order valence-corrected chi connectivity index (χ2v) is 10.8. The standard InChI is InChI=1S/C33H41N5O6/c1-2-42-29-14-10-23(19-30(29)43-17-5-16-35-27(32(34)41)18-22-8-11-24(40)12-9-22)20-36-33-37-26-6-3-4-7-28(26)38(33)31-15-13-25(21-39)44-31/h3-4,6-12,14,19,25,27,31,35,39-40H,2,5,13,15-18,20-21H2,1H3,(H2,34,41)(H,36,37)/t25-,27-,31+/m0/s1. The van der Waals surface area contributed by atoms with E-state index in [1.807, 2.05) is 49.4 Å². The number of rotatable bonds is 16. The van der Waals surface area contributed by atoms with Gasteiger partial charge in [0.05, 0.1) is 43.0 Å². The number of aromatic nitrogens is 2. The number of nitrogens with two attached hydrogens (primary N) is 1. The Hall–Kier alpha value is -4.32. The molecule has 0 unspecified atom stereocenters. The molecule has 1 saturated heterocycles. The number of carbonyl (C=O) groups is 1. The topological polar surface area (TPSA) is 153 Å². The second-order valence-electron chi connectivity index (χ2n) is 10.8. The number of benzene rings is 3. The van der Waals surface area contributed by atoms with E-state index in [2.05, 4.69) is 15.2 Å². The maximum absolute atomic E-state index is 12.0. The number of nitrogens with one attached hydrogen (secondary N) is 2. The average Bonchev–Trinajstić information content (AvgIpc) is 3.65. The highest BCUT2D eigenvalue weighted by Gasteiger charge is 2.29. The van der Waals surface area contributed by atoms with Gasteiger partial charge in [0.15, 0.2) is 11.5 Å². The Balaban J connectivity index is 1.20. The minimum atomic E-state index is -0.527. The predicted molar refractivity (Wildman–Crippen MR) is 168 cm³/mol. The van der Waals surface area contributed by atoms with E-state index < -0.39 is 11.9 Å². The molecule has 4 aromatic rings. The van der Waals surface area contributed by atoms with E-state index in [-0.39, 0.29) is 24.7 Å². The van der Waals surface area contributed by atoms with Crippen LogP contribution < -0.4 is 25.8 Å². The summed E-state index contributed by atoms with van der Waals surface area (Å²) in [6, 6.07) is 20.0. The molecule has 1 aliphatic heterocycles. The zero-order chi connectivity index (χ0) is 30.9. The molecule has 3 atom stereocenters. The number of ether oxygens (including phenoxy) is 3. The van der Waals surface area contributed by atoms with Crippen molar-refractivity contribution in [1.82, 2.24) is 14.9 Å². The Morgan fingerprint density at radius 3 is 2.64 bits per heavy atom. The fourth-order valence-electron chi connectivity index (χ4n) is 5.37. The van der Waals surface area contributed by atoms with E-state index in [1.54, 1.807) is 24.3 Å². The number of aromatic hydroxyl groups is 1. The van der Waals surface area contributed by atoms with Gasteiger partial charge in [-0.2, -0.15) is 0 Å². The van der Waals surface area contributed by atoms with Crippen molar-refractivity contribution in [2.45, 2.75) is 57.5 Å². The molecule has 0 saturated carbocycles. The Morgan fingerprint density at radius 2 is 1.89 bits per heavy atom. The lowest BCUT2D eigenvalue weighted by Gasteiger charge is -2.19. The molecule has 11 nitrogen and oxygen atoms in total. The number of para-hydroxylation sites is 2. The molecule has 1 amide bonds. The van der Waals surface area contributed by atoms with E-state index in [0.29, 0.717) is 56.6 Å². The summed E-state index contributed by atoms with van der Waals surface area (Å²) in [6.45, 7) is 3.89. The molecule has 11 heteroatoms. The van der Waals surface area contributed by atoms with Gasteiger partial charge in [-0.3, -0.25) is 9.36 Å². The number of amides is 1. The van der Waals surface area contributed by atoms with Crippen molar-refractivity contribution in [2.24, 2.45) is 5.73 Å². The third kappa shape index (κ3) is 7.79. The Labute approximate surface area is 256 Å². The molecule has 0 bridgehead atoms. The maximum Gasteiger partial charge on any atom is 0.234 e. The van der Waals surface area contributed by atoms with Crippen LogP contribution in [-0.2, 0) is 22.5 Å². The van der Waals surface area contributed by atoms with Crippen LogP contribution in [0, 0.1) is 0 Å². The largest absolute Gasteiger partial charge is 0.508 e. The summed E-state index contributed by atoms with van der Waals surface area (Å²) in [6.07, 6.45) is 2.30. The normalized spacial score (nSPS) is 17.0. The number of phenolic OH excluding ortho intramolecular Hbond substituents is 1. The quantitative estimate of drug-likeness (QED) is 0.120. The molecule has 1 aliphatic rings.